The van der Waals surface area contributed by atoms with E-state index in [-0.39, 0.29) is 0 Å². The number of anilines is 2. The zero-order valence-electron chi connectivity index (χ0n) is 18.7. The normalized spacial score (nSPS) is 18.5. The molecule has 0 radical (unpaired) electrons. The van der Waals surface area contributed by atoms with Gasteiger partial charge in [-0.3, -0.25) is 0 Å². The van der Waals surface area contributed by atoms with E-state index in [4.69, 9.17) is 0 Å². The third kappa shape index (κ3) is 2.87. The molecule has 0 unspecified atom stereocenters. The molecule has 0 aliphatic carbocycles. The fraction of sp³-hybridized carbons (Fsp3) is 0.259. The van der Waals surface area contributed by atoms with Gasteiger partial charge in [0.05, 0.1) is 0 Å². The summed E-state index contributed by atoms with van der Waals surface area (Å²) in [5.74, 6) is 0. The molecule has 32 heavy (non-hydrogen) atoms. The summed E-state index contributed by atoms with van der Waals surface area (Å²) in [7, 11) is 4.61. The van der Waals surface area contributed by atoms with Gasteiger partial charge in [-0.05, 0) is 0 Å². The van der Waals surface area contributed by atoms with Crippen molar-refractivity contribution in [3.05, 3.63) is 72.8 Å². The summed E-state index contributed by atoms with van der Waals surface area (Å²) in [6.07, 6.45) is 1.99. The molecule has 3 nitrogen and oxygen atoms in total. The monoisotopic (exact) mass is 505 g/mol. The van der Waals surface area contributed by atoms with E-state index in [9.17, 15) is 0 Å². The number of piperidine rings is 1. The Morgan fingerprint density at radius 1 is 0.625 bits per heavy atom. The van der Waals surface area contributed by atoms with Crippen LogP contribution in [0.25, 0.3) is 32.7 Å². The first-order valence-electron chi connectivity index (χ1n) is 11.5. The molecular formula is C27H28N3PSe. The zero-order valence-corrected chi connectivity index (χ0v) is 21.3. The van der Waals surface area contributed by atoms with Crippen molar-refractivity contribution in [3.63, 3.8) is 0 Å². The van der Waals surface area contributed by atoms with Crippen LogP contribution >= 0.6 is 6.40 Å². The van der Waals surface area contributed by atoms with Crippen molar-refractivity contribution in [2.75, 3.05) is 36.5 Å². The van der Waals surface area contributed by atoms with Crippen molar-refractivity contribution in [1.82, 2.24) is 4.67 Å². The first-order valence-corrected chi connectivity index (χ1v) is 15.3. The van der Waals surface area contributed by atoms with Crippen molar-refractivity contribution in [3.8, 4) is 11.1 Å². The van der Waals surface area contributed by atoms with Crippen LogP contribution in [0.3, 0.4) is 0 Å². The van der Waals surface area contributed by atoms with Gasteiger partial charge in [0, 0.05) is 0 Å². The second kappa shape index (κ2) is 7.75. The Labute approximate surface area is 198 Å². The molecule has 6 rings (SSSR count). The van der Waals surface area contributed by atoms with Crippen LogP contribution in [-0.2, 0) is 0 Å². The Morgan fingerprint density at radius 3 is 1.59 bits per heavy atom. The predicted octanol–water partition coefficient (Wildman–Crippen LogP) is 6.88. The van der Waals surface area contributed by atoms with E-state index in [1.54, 1.807) is 0 Å². The Hall–Kier alpha value is -2.09. The van der Waals surface area contributed by atoms with Crippen LogP contribution in [-0.4, -0.2) is 47.4 Å². The maximum atomic E-state index is 3.77. The molecule has 0 saturated carbocycles. The van der Waals surface area contributed by atoms with Crippen molar-refractivity contribution >= 4 is 54.9 Å². The molecule has 0 aromatic heterocycles. The van der Waals surface area contributed by atoms with E-state index in [2.05, 4.69) is 116 Å². The van der Waals surface area contributed by atoms with E-state index in [0.29, 0.717) is 0 Å². The molecule has 5 heteroatoms. The van der Waals surface area contributed by atoms with Gasteiger partial charge >= 0.3 is 199 Å². The molecule has 4 aromatic rings. The Bertz CT molecular complexity index is 1240. The standard InChI is InChI=1S/C27H28N3PSe/c1-28-24-16-14-20-10-4-6-12-22(20)26(24)27-23-13-7-5-11-21(23)15-17-25(27)29(2)31(28,32)30-18-8-3-9-19-30/h4-7,10-17H,3,8-9,18-19H2,1-2H3. The molecule has 2 aliphatic heterocycles. The van der Waals surface area contributed by atoms with Crippen molar-refractivity contribution in [2.45, 2.75) is 19.3 Å². The summed E-state index contributed by atoms with van der Waals surface area (Å²) in [6, 6.07) is 27.0. The first-order chi connectivity index (χ1) is 15.6. The van der Waals surface area contributed by atoms with Crippen LogP contribution < -0.4 is 9.34 Å². The SMILES string of the molecule is CN1c2ccc3ccccc3c2-c2c(ccc3ccccc23)N(C)[P+]1([Se-])N1CCCCC1. The minimum absolute atomic E-state index is 1.15. The number of nitrogens with zero attached hydrogens (tertiary/aromatic N) is 3. The average molecular weight is 504 g/mol. The summed E-state index contributed by atoms with van der Waals surface area (Å²) in [6.45, 7) is 2.31. The second-order valence-corrected chi connectivity index (χ2v) is 14.8. The number of benzene rings is 4. The molecule has 162 valence electrons. The van der Waals surface area contributed by atoms with Gasteiger partial charge < -0.3 is 0 Å². The molecule has 0 amide bonds. The maximum absolute atomic E-state index is 3.77. The second-order valence-electron chi connectivity index (χ2n) is 8.94. The molecular weight excluding hydrogens is 476 g/mol. The van der Waals surface area contributed by atoms with Gasteiger partial charge in [0.1, 0.15) is 0 Å². The molecule has 0 N–H and O–H groups in total. The predicted molar refractivity (Wildman–Crippen MR) is 142 cm³/mol. The zero-order chi connectivity index (χ0) is 21.9. The Morgan fingerprint density at radius 2 is 1.09 bits per heavy atom. The number of hydrogen-bond donors (Lipinski definition) is 0. The molecule has 2 aliphatic rings. The van der Waals surface area contributed by atoms with Gasteiger partial charge in [-0.15, -0.1) is 0 Å². The van der Waals surface area contributed by atoms with E-state index < -0.39 is 6.40 Å². The van der Waals surface area contributed by atoms with Gasteiger partial charge in [-0.25, -0.2) is 0 Å². The number of fused-ring (bicyclic) bond motifs is 7. The topological polar surface area (TPSA) is 9.72 Å². The van der Waals surface area contributed by atoms with Gasteiger partial charge in [0.25, 0.3) is 0 Å². The Kier molecular flexibility index (Phi) is 4.97. The molecule has 4 aromatic carbocycles. The summed E-state index contributed by atoms with van der Waals surface area (Å²) in [5.41, 5.74) is 5.36. The van der Waals surface area contributed by atoms with Crippen LogP contribution in [0.5, 0.6) is 0 Å². The summed E-state index contributed by atoms with van der Waals surface area (Å²) < 4.78 is 7.89. The molecule has 0 atom stereocenters. The van der Waals surface area contributed by atoms with Crippen LogP contribution in [0.15, 0.2) is 72.8 Å². The third-order valence-electron chi connectivity index (χ3n) is 7.24. The summed E-state index contributed by atoms with van der Waals surface area (Å²) >= 11 is 3.77. The number of rotatable bonds is 1. The van der Waals surface area contributed by atoms with Gasteiger partial charge in [-0.2, -0.15) is 0 Å². The van der Waals surface area contributed by atoms with Crippen LogP contribution in [0.1, 0.15) is 19.3 Å². The van der Waals surface area contributed by atoms with Crippen molar-refractivity contribution in [2.24, 2.45) is 0 Å². The van der Waals surface area contributed by atoms with Crippen LogP contribution in [0, 0.1) is 0 Å². The quantitative estimate of drug-likeness (QED) is 0.207. The molecule has 2 heterocycles. The minimum atomic E-state index is -1.91. The molecule has 0 bridgehead atoms. The summed E-state index contributed by atoms with van der Waals surface area (Å²) in [4.78, 5) is 0. The van der Waals surface area contributed by atoms with Gasteiger partial charge in [-0.1, -0.05) is 0 Å². The van der Waals surface area contributed by atoms with Crippen molar-refractivity contribution < 1.29 is 0 Å². The fourth-order valence-corrected chi connectivity index (χ4v) is 10.6. The van der Waals surface area contributed by atoms with Gasteiger partial charge in [0.15, 0.2) is 0 Å². The van der Waals surface area contributed by atoms with E-state index in [1.165, 1.54) is 63.3 Å². The third-order valence-corrected chi connectivity index (χ3v) is 14.9. The number of hydrogen-bond acceptors (Lipinski definition) is 3. The first kappa shape index (κ1) is 20.5. The van der Waals surface area contributed by atoms with Gasteiger partial charge in [0.2, 0.25) is 0 Å². The van der Waals surface area contributed by atoms with E-state index in [0.717, 1.165) is 13.1 Å². The van der Waals surface area contributed by atoms with Crippen LogP contribution in [0.4, 0.5) is 11.4 Å². The van der Waals surface area contributed by atoms with Crippen LogP contribution in [0.2, 0.25) is 0 Å². The molecule has 0 spiro atoms. The fourth-order valence-electron chi connectivity index (χ4n) is 5.58. The van der Waals surface area contributed by atoms with E-state index in [1.807, 2.05) is 0 Å². The molecule has 1 saturated heterocycles. The Balaban J connectivity index is 1.75. The van der Waals surface area contributed by atoms with E-state index >= 15 is 0 Å². The summed E-state index contributed by atoms with van der Waals surface area (Å²) in [5, 5.41) is 5.25. The van der Waals surface area contributed by atoms with Crippen molar-refractivity contribution in [1.29, 1.82) is 0 Å². The average Bonchev–Trinajstić information content (AvgIpc) is 2.93. The molecule has 1 fully saturated rings.